The Bertz CT molecular complexity index is 987. The second-order valence-electron chi connectivity index (χ2n) is 8.85. The van der Waals surface area contributed by atoms with Gasteiger partial charge in [-0.2, -0.15) is 4.98 Å². The van der Waals surface area contributed by atoms with Gasteiger partial charge in [0.1, 0.15) is 6.10 Å². The van der Waals surface area contributed by atoms with E-state index in [9.17, 15) is 9.18 Å². The molecule has 2 unspecified atom stereocenters. The number of fused-ring (bicyclic) bond motifs is 1. The highest BCUT2D eigenvalue weighted by atomic mass is 19.1. The first-order valence-corrected chi connectivity index (χ1v) is 11.5. The van der Waals surface area contributed by atoms with E-state index in [1.165, 1.54) is 12.3 Å². The number of rotatable bonds is 8. The number of aromatic nitrogens is 3. The molecule has 1 amide bonds. The van der Waals surface area contributed by atoms with Crippen LogP contribution in [0, 0.1) is 23.6 Å². The third kappa shape index (κ3) is 5.30. The third-order valence-corrected chi connectivity index (χ3v) is 6.70. The molecular weight excluding hydrogens is 425 g/mol. The van der Waals surface area contributed by atoms with E-state index in [0.717, 1.165) is 37.9 Å². The fraction of sp³-hybridized carbons (Fsp3) is 0.500. The highest BCUT2D eigenvalue weighted by molar-refractivity contribution is 5.91. The van der Waals surface area contributed by atoms with Crippen LogP contribution in [0.5, 0.6) is 6.01 Å². The van der Waals surface area contributed by atoms with Crippen molar-refractivity contribution in [1.82, 2.24) is 20.3 Å². The van der Waals surface area contributed by atoms with Crippen LogP contribution < -0.4 is 15.0 Å². The second-order valence-corrected chi connectivity index (χ2v) is 8.85. The zero-order valence-electron chi connectivity index (χ0n) is 18.4. The van der Waals surface area contributed by atoms with Crippen molar-refractivity contribution in [1.29, 1.82) is 0 Å². The Balaban J connectivity index is 1.07. The Morgan fingerprint density at radius 2 is 2.09 bits per heavy atom. The second kappa shape index (κ2) is 9.82. The maximum Gasteiger partial charge on any atom is 0.318 e. The normalized spacial score (nSPS) is 24.6. The standard InChI is InChI=1S/C24H28FN5O3/c25-21-13-28-24(33-17-6-10-32-11-7-17)29-23(21)30-14-19-18(20(19)15-30)5-9-27-22(31)4-3-16-2-1-8-26-12-16/h1-4,8,12-13,17-20H,5-7,9-11,14-15H2,(H,27,31)/b4-3+. The predicted octanol–water partition coefficient (Wildman–Crippen LogP) is 2.47. The summed E-state index contributed by atoms with van der Waals surface area (Å²) in [4.78, 5) is 26.4. The summed E-state index contributed by atoms with van der Waals surface area (Å²) in [6.07, 6.45) is 10.4. The fourth-order valence-corrected chi connectivity index (χ4v) is 4.88. The molecule has 0 radical (unpaired) electrons. The molecule has 9 heteroatoms. The molecule has 0 aromatic carbocycles. The van der Waals surface area contributed by atoms with Crippen LogP contribution >= 0.6 is 0 Å². The van der Waals surface area contributed by atoms with Crippen molar-refractivity contribution in [2.45, 2.75) is 25.4 Å². The largest absolute Gasteiger partial charge is 0.460 e. The van der Waals surface area contributed by atoms with Gasteiger partial charge in [-0.3, -0.25) is 9.78 Å². The topological polar surface area (TPSA) is 89.5 Å². The van der Waals surface area contributed by atoms with E-state index in [-0.39, 0.29) is 18.0 Å². The van der Waals surface area contributed by atoms with Gasteiger partial charge >= 0.3 is 6.01 Å². The van der Waals surface area contributed by atoms with Crippen LogP contribution in [0.3, 0.4) is 0 Å². The smallest absolute Gasteiger partial charge is 0.318 e. The lowest BCUT2D eigenvalue weighted by Gasteiger charge is -2.24. The molecule has 33 heavy (non-hydrogen) atoms. The minimum atomic E-state index is -0.417. The maximum absolute atomic E-state index is 14.4. The molecule has 0 bridgehead atoms. The first-order valence-electron chi connectivity index (χ1n) is 11.5. The lowest BCUT2D eigenvalue weighted by Crippen LogP contribution is -2.29. The van der Waals surface area contributed by atoms with Gasteiger partial charge in [0.25, 0.3) is 0 Å². The lowest BCUT2D eigenvalue weighted by atomic mass is 10.2. The summed E-state index contributed by atoms with van der Waals surface area (Å²) in [7, 11) is 0. The van der Waals surface area contributed by atoms with E-state index in [0.29, 0.717) is 43.3 Å². The van der Waals surface area contributed by atoms with Gasteiger partial charge in [-0.25, -0.2) is 9.37 Å². The Kier molecular flexibility index (Phi) is 6.48. The molecule has 4 heterocycles. The zero-order chi connectivity index (χ0) is 22.6. The van der Waals surface area contributed by atoms with Crippen LogP contribution in [-0.2, 0) is 9.53 Å². The number of nitrogens with one attached hydrogen (secondary N) is 1. The van der Waals surface area contributed by atoms with Crippen molar-refractivity contribution in [2.24, 2.45) is 17.8 Å². The van der Waals surface area contributed by atoms with Crippen LogP contribution in [0.15, 0.2) is 36.8 Å². The molecule has 0 spiro atoms. The highest BCUT2D eigenvalue weighted by Crippen LogP contribution is 2.54. The number of amides is 1. The molecule has 2 aromatic rings. The highest BCUT2D eigenvalue weighted by Gasteiger charge is 2.55. The fourth-order valence-electron chi connectivity index (χ4n) is 4.88. The minimum absolute atomic E-state index is 0.0165. The number of nitrogens with zero attached hydrogens (tertiary/aromatic N) is 4. The molecule has 1 saturated carbocycles. The van der Waals surface area contributed by atoms with Crippen LogP contribution in [0.2, 0.25) is 0 Å². The van der Waals surface area contributed by atoms with E-state index >= 15 is 0 Å². The minimum Gasteiger partial charge on any atom is -0.460 e. The lowest BCUT2D eigenvalue weighted by molar-refractivity contribution is -0.116. The van der Waals surface area contributed by atoms with Crippen LogP contribution in [-0.4, -0.2) is 59.8 Å². The Morgan fingerprint density at radius 3 is 2.85 bits per heavy atom. The Morgan fingerprint density at radius 1 is 1.27 bits per heavy atom. The quantitative estimate of drug-likeness (QED) is 0.614. The van der Waals surface area contributed by atoms with E-state index in [4.69, 9.17) is 9.47 Å². The molecule has 5 rings (SSSR count). The van der Waals surface area contributed by atoms with Gasteiger partial charge in [-0.15, -0.1) is 0 Å². The summed E-state index contributed by atoms with van der Waals surface area (Å²) in [6.45, 7) is 3.51. The van der Waals surface area contributed by atoms with E-state index in [1.807, 2.05) is 17.0 Å². The van der Waals surface area contributed by atoms with Gasteiger partial charge in [0.2, 0.25) is 5.91 Å². The molecule has 2 aromatic heterocycles. The number of halogens is 1. The van der Waals surface area contributed by atoms with Crippen LogP contribution in [0.4, 0.5) is 10.2 Å². The molecule has 8 nitrogen and oxygen atoms in total. The summed E-state index contributed by atoms with van der Waals surface area (Å²) in [5.74, 6) is 1.40. The van der Waals surface area contributed by atoms with Gasteiger partial charge in [0, 0.05) is 50.9 Å². The molecule has 1 N–H and O–H groups in total. The summed E-state index contributed by atoms with van der Waals surface area (Å²) in [6, 6.07) is 3.96. The summed E-state index contributed by atoms with van der Waals surface area (Å²) >= 11 is 0. The molecule has 3 fully saturated rings. The van der Waals surface area contributed by atoms with Crippen molar-refractivity contribution in [3.63, 3.8) is 0 Å². The molecule has 3 aliphatic rings. The SMILES string of the molecule is O=C(/C=C/c1cccnc1)NCCC1C2CN(c3nc(OC4CCOCC4)ncc3F)CC12. The van der Waals surface area contributed by atoms with Gasteiger partial charge in [-0.1, -0.05) is 6.07 Å². The zero-order valence-corrected chi connectivity index (χ0v) is 18.4. The Hall–Kier alpha value is -3.07. The molecule has 2 atom stereocenters. The van der Waals surface area contributed by atoms with Crippen LogP contribution in [0.25, 0.3) is 6.08 Å². The van der Waals surface area contributed by atoms with E-state index in [1.54, 1.807) is 18.5 Å². The Labute approximate surface area is 192 Å². The number of hydrogen-bond donors (Lipinski definition) is 1. The van der Waals surface area contributed by atoms with E-state index < -0.39 is 5.82 Å². The number of anilines is 1. The molecule has 2 saturated heterocycles. The predicted molar refractivity (Wildman–Crippen MR) is 120 cm³/mol. The van der Waals surface area contributed by atoms with Gasteiger partial charge in [0.05, 0.1) is 19.4 Å². The molecular formula is C24H28FN5O3. The number of piperidine rings is 1. The monoisotopic (exact) mass is 453 g/mol. The molecule has 2 aliphatic heterocycles. The summed E-state index contributed by atoms with van der Waals surface area (Å²) < 4.78 is 25.6. The van der Waals surface area contributed by atoms with Crippen molar-refractivity contribution in [3.8, 4) is 6.01 Å². The van der Waals surface area contributed by atoms with Crippen molar-refractivity contribution in [3.05, 3.63) is 48.2 Å². The van der Waals surface area contributed by atoms with Crippen molar-refractivity contribution < 1.29 is 18.7 Å². The maximum atomic E-state index is 14.4. The molecule has 1 aliphatic carbocycles. The number of carbonyl (C=O) groups excluding carboxylic acids is 1. The van der Waals surface area contributed by atoms with Gasteiger partial charge in [-0.05, 0) is 41.9 Å². The average molecular weight is 454 g/mol. The van der Waals surface area contributed by atoms with Crippen molar-refractivity contribution >= 4 is 17.8 Å². The average Bonchev–Trinajstić information content (AvgIpc) is 3.28. The van der Waals surface area contributed by atoms with Crippen molar-refractivity contribution in [2.75, 3.05) is 37.7 Å². The number of hydrogen-bond acceptors (Lipinski definition) is 7. The van der Waals surface area contributed by atoms with Crippen LogP contribution in [0.1, 0.15) is 24.8 Å². The molecule has 174 valence electrons. The first-order chi connectivity index (χ1) is 16.2. The first kappa shape index (κ1) is 21.8. The van der Waals surface area contributed by atoms with E-state index in [2.05, 4.69) is 20.3 Å². The number of pyridine rings is 1. The number of ether oxygens (including phenoxy) is 2. The number of carbonyl (C=O) groups is 1. The van der Waals surface area contributed by atoms with Gasteiger partial charge < -0.3 is 19.7 Å². The summed E-state index contributed by atoms with van der Waals surface area (Å²) in [5.41, 5.74) is 0.891. The third-order valence-electron chi connectivity index (χ3n) is 6.70. The summed E-state index contributed by atoms with van der Waals surface area (Å²) in [5, 5.41) is 2.95. The van der Waals surface area contributed by atoms with Gasteiger partial charge in [0.15, 0.2) is 11.6 Å².